The lowest BCUT2D eigenvalue weighted by molar-refractivity contribution is -0.141. The molecule has 12 rings (SSSR count). The van der Waals surface area contributed by atoms with Crippen LogP contribution < -0.4 is 19.9 Å². The van der Waals surface area contributed by atoms with Crippen LogP contribution in [0.2, 0.25) is 0 Å². The smallest absolute Gasteiger partial charge is 0.410 e. The summed E-state index contributed by atoms with van der Waals surface area (Å²) >= 11 is 1.61. The van der Waals surface area contributed by atoms with Crippen LogP contribution in [0.25, 0.3) is 43.4 Å². The zero-order valence-corrected chi connectivity index (χ0v) is 51.9. The fraction of sp³-hybridized carbons (Fsp3) is 0.493. The number of carbonyl (C=O) groups excluding carboxylic acids is 3. The Morgan fingerprint density at radius 1 is 0.886 bits per heavy atom. The first kappa shape index (κ1) is 60.3. The number of hydrogen-bond donors (Lipinski definition) is 2. The number of piperazine rings is 1. The van der Waals surface area contributed by atoms with E-state index in [4.69, 9.17) is 25.4 Å². The summed E-state index contributed by atoms with van der Waals surface area (Å²) in [5, 5.41) is 19.5. The van der Waals surface area contributed by atoms with Crippen LogP contribution in [0.3, 0.4) is 0 Å². The number of thiazole rings is 1. The Morgan fingerprint density at radius 2 is 1.60 bits per heavy atom. The molecule has 0 spiro atoms. The van der Waals surface area contributed by atoms with E-state index in [0.29, 0.717) is 66.8 Å². The van der Waals surface area contributed by atoms with Crippen LogP contribution in [0.5, 0.6) is 11.8 Å². The number of aromatic hydroxyl groups is 1. The van der Waals surface area contributed by atoms with Gasteiger partial charge < -0.3 is 39.1 Å². The normalized spacial score (nSPS) is 20.3. The van der Waals surface area contributed by atoms with Crippen molar-refractivity contribution >= 4 is 62.6 Å². The van der Waals surface area contributed by atoms with Crippen LogP contribution in [0.4, 0.5) is 25.2 Å². The molecule has 3 amide bonds. The standard InChI is InChI=1S/C67H77F2N11O7S/c1-9-49-52(68)19-16-45-31-48(81)32-50(57(45)49)59-58(69)60-51(34-70-59)62(78-35-46-17-18-47(36-78)80(46)66(84)86-67(6,7)8)74-65(73-60)85-30-29-76-25-20-42(21-26-76)43-22-27-77(28-23-43)55-33-54(87-75-55)56(38(2)3)64(83)79-24-10-11-53(79)63(82)72-39(4)41-12-14-44(15-13-41)61-40(5)71-37-88-61/h1,12-16,19,31-34,37-39,42-43,46-47,53,56,81H,10-11,17-18,20-30,35-36H2,2-8H3,(H,72,82). The predicted molar refractivity (Wildman–Crippen MR) is 334 cm³/mol. The number of benzene rings is 3. The van der Waals surface area contributed by atoms with Crippen LogP contribution in [0, 0.1) is 48.7 Å². The fourth-order valence-electron chi connectivity index (χ4n) is 14.2. The van der Waals surface area contributed by atoms with Gasteiger partial charge >= 0.3 is 12.1 Å². The number of piperidine rings is 2. The van der Waals surface area contributed by atoms with Crippen molar-refractivity contribution in [3.8, 4) is 45.8 Å². The first-order chi connectivity index (χ1) is 42.3. The molecule has 9 heterocycles. The second-order valence-corrected chi connectivity index (χ2v) is 26.7. The van der Waals surface area contributed by atoms with Gasteiger partial charge in [0.05, 0.1) is 45.2 Å². The van der Waals surface area contributed by atoms with Crippen LogP contribution in [0.1, 0.15) is 127 Å². The monoisotopic (exact) mass is 1220 g/mol. The summed E-state index contributed by atoms with van der Waals surface area (Å²) in [4.78, 5) is 71.7. The molecule has 3 aromatic carbocycles. The van der Waals surface area contributed by atoms with Gasteiger partial charge in [-0.2, -0.15) is 9.97 Å². The van der Waals surface area contributed by atoms with Gasteiger partial charge in [0.2, 0.25) is 11.8 Å². The summed E-state index contributed by atoms with van der Waals surface area (Å²) in [6, 6.07) is 14.4. The number of nitrogens with zero attached hydrogens (tertiary/aromatic N) is 10. The zero-order valence-electron chi connectivity index (χ0n) is 51.1. The SMILES string of the molecule is C#Cc1c(F)ccc2cc(O)cc(-c3ncc4c(N5CC6CCC(C5)N6C(=O)OC(C)(C)C)nc(OCCN5CCC(C6CCN(c7cc(C(C(=O)N8CCCC8C(=O)NC(C)c8ccc(-c9scnc9C)cc8)C(C)C)on7)CC6)CC5)nc4c3F)c12. The van der Waals surface area contributed by atoms with Gasteiger partial charge in [-0.25, -0.2) is 18.6 Å². The summed E-state index contributed by atoms with van der Waals surface area (Å²) < 4.78 is 50.7. The van der Waals surface area contributed by atoms with Gasteiger partial charge in [-0.1, -0.05) is 55.3 Å². The Labute approximate surface area is 516 Å². The van der Waals surface area contributed by atoms with Gasteiger partial charge in [0, 0.05) is 62.5 Å². The number of likely N-dealkylation sites (tertiary alicyclic amines) is 2. The van der Waals surface area contributed by atoms with Crippen molar-refractivity contribution in [3.05, 3.63) is 101 Å². The molecule has 7 aromatic rings. The molecule has 5 fully saturated rings. The van der Waals surface area contributed by atoms with Crippen molar-refractivity contribution in [3.63, 3.8) is 0 Å². The number of nitrogens with one attached hydrogen (secondary N) is 1. The van der Waals surface area contributed by atoms with Gasteiger partial charge in [0.1, 0.15) is 52.8 Å². The van der Waals surface area contributed by atoms with Gasteiger partial charge in [0.25, 0.3) is 0 Å². The van der Waals surface area contributed by atoms with Crippen LogP contribution >= 0.6 is 11.3 Å². The summed E-state index contributed by atoms with van der Waals surface area (Å²) in [6.45, 7) is 19.2. The maximum Gasteiger partial charge on any atom is 0.410 e. The molecule has 462 valence electrons. The van der Waals surface area contributed by atoms with E-state index in [2.05, 4.69) is 53.3 Å². The number of phenolic OH excluding ortho intramolecular Hbond substituents is 1. The molecular weight excluding hydrogens is 1140 g/mol. The van der Waals surface area contributed by atoms with Crippen LogP contribution in [0.15, 0.2) is 70.8 Å². The van der Waals surface area contributed by atoms with E-state index in [0.717, 1.165) is 98.6 Å². The lowest BCUT2D eigenvalue weighted by Crippen LogP contribution is -2.57. The summed E-state index contributed by atoms with van der Waals surface area (Å²) in [7, 11) is 0. The van der Waals surface area contributed by atoms with Crippen molar-refractivity contribution in [1.82, 2.24) is 45.1 Å². The number of phenols is 1. The first-order valence-corrected chi connectivity index (χ1v) is 31.9. The summed E-state index contributed by atoms with van der Waals surface area (Å²) in [5.41, 5.74) is 4.06. The maximum atomic E-state index is 17.4. The minimum Gasteiger partial charge on any atom is -0.508 e. The van der Waals surface area contributed by atoms with Crippen molar-refractivity contribution in [2.75, 3.05) is 68.8 Å². The first-order valence-electron chi connectivity index (χ1n) is 31.0. The highest BCUT2D eigenvalue weighted by molar-refractivity contribution is 7.13. The van der Waals surface area contributed by atoms with E-state index in [-0.39, 0.29) is 88.0 Å². The van der Waals surface area contributed by atoms with Crippen LogP contribution in [-0.4, -0.2) is 145 Å². The molecule has 18 nitrogen and oxygen atoms in total. The van der Waals surface area contributed by atoms with Gasteiger partial charge in [-0.05, 0) is 152 Å². The molecule has 0 aliphatic carbocycles. The summed E-state index contributed by atoms with van der Waals surface area (Å²) in [5.74, 6) is 2.60. The lowest BCUT2D eigenvalue weighted by Gasteiger charge is -2.42. The van der Waals surface area contributed by atoms with E-state index in [1.807, 2.05) is 82.0 Å². The maximum absolute atomic E-state index is 17.4. The largest absolute Gasteiger partial charge is 0.508 e. The van der Waals surface area contributed by atoms with E-state index < -0.39 is 29.2 Å². The number of fused-ring (bicyclic) bond motifs is 4. The number of amides is 3. The van der Waals surface area contributed by atoms with Gasteiger partial charge in [-0.15, -0.1) is 17.8 Å². The second-order valence-electron chi connectivity index (χ2n) is 25.8. The lowest BCUT2D eigenvalue weighted by atomic mass is 9.79. The molecule has 2 bridgehead atoms. The van der Waals surface area contributed by atoms with E-state index in [1.54, 1.807) is 16.2 Å². The molecular formula is C67H77F2N11O7S. The predicted octanol–water partition coefficient (Wildman–Crippen LogP) is 11.4. The molecule has 0 radical (unpaired) electrons. The Kier molecular flexibility index (Phi) is 17.1. The van der Waals surface area contributed by atoms with E-state index in [9.17, 15) is 19.5 Å². The highest BCUT2D eigenvalue weighted by Gasteiger charge is 2.46. The topological polar surface area (TPSA) is 196 Å². The molecule has 0 saturated carbocycles. The third-order valence-electron chi connectivity index (χ3n) is 18.7. The number of rotatable bonds is 15. The number of aryl methyl sites for hydroxylation is 1. The van der Waals surface area contributed by atoms with Crippen LogP contribution in [-0.2, 0) is 14.3 Å². The van der Waals surface area contributed by atoms with Crippen molar-refractivity contribution < 1.29 is 42.3 Å². The molecule has 88 heavy (non-hydrogen) atoms. The molecule has 21 heteroatoms. The Balaban J connectivity index is 0.667. The molecule has 5 atom stereocenters. The highest BCUT2D eigenvalue weighted by atomic mass is 32.1. The average Bonchev–Trinajstić information content (AvgIpc) is 1.14. The molecule has 5 unspecified atom stereocenters. The average molecular weight is 1220 g/mol. The number of carbonyl (C=O) groups is 3. The minimum atomic E-state index is -0.812. The fourth-order valence-corrected chi connectivity index (χ4v) is 15.0. The number of anilines is 2. The Hall–Kier alpha value is -7.96. The molecule has 2 N–H and O–H groups in total. The molecule has 5 aliphatic rings. The number of terminal acetylenes is 1. The number of pyridine rings is 1. The third-order valence-corrected chi connectivity index (χ3v) is 19.6. The zero-order chi connectivity index (χ0) is 61.7. The van der Waals surface area contributed by atoms with Crippen molar-refractivity contribution in [2.24, 2.45) is 17.8 Å². The molecule has 5 aliphatic heterocycles. The number of halogens is 2. The second kappa shape index (κ2) is 24.9. The van der Waals surface area contributed by atoms with Crippen molar-refractivity contribution in [2.45, 2.75) is 136 Å². The van der Waals surface area contributed by atoms with E-state index >= 15 is 8.78 Å². The number of ether oxygens (including phenoxy) is 2. The summed E-state index contributed by atoms with van der Waals surface area (Å²) in [6.07, 6.45) is 13.9. The van der Waals surface area contributed by atoms with Gasteiger partial charge in [0.15, 0.2) is 17.4 Å². The van der Waals surface area contributed by atoms with Gasteiger partial charge in [-0.3, -0.25) is 24.4 Å². The molecule has 4 aromatic heterocycles. The van der Waals surface area contributed by atoms with E-state index in [1.165, 1.54) is 30.5 Å². The number of aromatic nitrogens is 5. The van der Waals surface area contributed by atoms with Crippen molar-refractivity contribution in [1.29, 1.82) is 0 Å². The minimum absolute atomic E-state index is 0.0179. The Morgan fingerprint density at radius 3 is 2.27 bits per heavy atom. The quantitative estimate of drug-likeness (QED) is 0.0919. The molecule has 5 saturated heterocycles. The highest BCUT2D eigenvalue weighted by Crippen LogP contribution is 2.42. The number of hydrogen-bond acceptors (Lipinski definition) is 16. The third kappa shape index (κ3) is 12.2. The Bertz CT molecular complexity index is 3780.